The van der Waals surface area contributed by atoms with Crippen LogP contribution in [-0.2, 0) is 6.42 Å². The van der Waals surface area contributed by atoms with Crippen LogP contribution in [0.3, 0.4) is 0 Å². The molecule has 128 valence electrons. The number of ether oxygens (including phenoxy) is 1. The van der Waals surface area contributed by atoms with Crippen molar-refractivity contribution in [3.63, 3.8) is 0 Å². The molecule has 0 atom stereocenters. The van der Waals surface area contributed by atoms with Gasteiger partial charge in [0.05, 0.1) is 12.8 Å². The van der Waals surface area contributed by atoms with Crippen LogP contribution in [0.5, 0.6) is 5.19 Å². The molecule has 0 unspecified atom stereocenters. The molecule has 0 saturated carbocycles. The Morgan fingerprint density at radius 3 is 2.58 bits per heavy atom. The van der Waals surface area contributed by atoms with Crippen molar-refractivity contribution in [2.24, 2.45) is 5.92 Å². The predicted molar refractivity (Wildman–Crippen MR) is 92.1 cm³/mol. The van der Waals surface area contributed by atoms with Gasteiger partial charge >= 0.3 is 0 Å². The van der Waals surface area contributed by atoms with Gasteiger partial charge in [-0.2, -0.15) is 0 Å². The highest BCUT2D eigenvalue weighted by molar-refractivity contribution is 7.15. The molecular formula is C18H21FN2O2S. The molecule has 1 aromatic heterocycles. The average Bonchev–Trinajstić information content (AvgIpc) is 2.98. The quantitative estimate of drug-likeness (QED) is 0.846. The molecule has 2 heterocycles. The second kappa shape index (κ2) is 7.30. The highest BCUT2D eigenvalue weighted by atomic mass is 32.1. The number of nitrogens with zero attached hydrogens (tertiary/aromatic N) is 2. The van der Waals surface area contributed by atoms with Gasteiger partial charge in [-0.3, -0.25) is 4.79 Å². The maximum absolute atomic E-state index is 13.0. The summed E-state index contributed by atoms with van der Waals surface area (Å²) in [6, 6.07) is 6.71. The molecule has 1 aliphatic rings. The van der Waals surface area contributed by atoms with Gasteiger partial charge in [-0.05, 0) is 49.8 Å². The van der Waals surface area contributed by atoms with E-state index >= 15 is 0 Å². The third-order valence-electron chi connectivity index (χ3n) is 4.49. The van der Waals surface area contributed by atoms with Gasteiger partial charge in [0.15, 0.2) is 0 Å². The van der Waals surface area contributed by atoms with E-state index in [1.165, 1.54) is 23.5 Å². The second-order valence-corrected chi connectivity index (χ2v) is 7.13. The topological polar surface area (TPSA) is 42.4 Å². The van der Waals surface area contributed by atoms with Gasteiger partial charge in [-0.1, -0.05) is 23.5 Å². The van der Waals surface area contributed by atoms with Gasteiger partial charge in [0, 0.05) is 13.1 Å². The molecule has 3 rings (SSSR count). The van der Waals surface area contributed by atoms with Crippen molar-refractivity contribution in [2.45, 2.75) is 26.2 Å². The lowest BCUT2D eigenvalue weighted by Crippen LogP contribution is -2.38. The molecular weight excluding hydrogens is 327 g/mol. The predicted octanol–water partition coefficient (Wildman–Crippen LogP) is 3.69. The van der Waals surface area contributed by atoms with Gasteiger partial charge in [0.2, 0.25) is 0 Å². The summed E-state index contributed by atoms with van der Waals surface area (Å²) in [6.07, 6.45) is 2.88. The molecule has 4 nitrogen and oxygen atoms in total. The van der Waals surface area contributed by atoms with Crippen molar-refractivity contribution in [3.8, 4) is 5.19 Å². The van der Waals surface area contributed by atoms with E-state index in [-0.39, 0.29) is 11.7 Å². The number of carbonyl (C=O) groups is 1. The highest BCUT2D eigenvalue weighted by Crippen LogP contribution is 2.28. The van der Waals surface area contributed by atoms with E-state index in [9.17, 15) is 9.18 Å². The van der Waals surface area contributed by atoms with Crippen LogP contribution in [0.1, 0.15) is 33.8 Å². The third kappa shape index (κ3) is 3.75. The Hall–Kier alpha value is -1.95. The zero-order valence-corrected chi connectivity index (χ0v) is 14.7. The van der Waals surface area contributed by atoms with Gasteiger partial charge in [-0.25, -0.2) is 9.37 Å². The van der Waals surface area contributed by atoms with E-state index < -0.39 is 0 Å². The number of likely N-dealkylation sites (tertiary alicyclic amines) is 1. The van der Waals surface area contributed by atoms with Gasteiger partial charge in [0.1, 0.15) is 10.7 Å². The Kier molecular flexibility index (Phi) is 5.14. The fourth-order valence-electron chi connectivity index (χ4n) is 3.10. The molecule has 0 spiro atoms. The summed E-state index contributed by atoms with van der Waals surface area (Å²) < 4.78 is 18.1. The van der Waals surface area contributed by atoms with Crippen molar-refractivity contribution in [1.29, 1.82) is 0 Å². The number of hydrogen-bond donors (Lipinski definition) is 0. The SMILES string of the molecule is COc1nc(C)c(C(=O)N2CCC(Cc3ccc(F)cc3)CC2)s1. The Bertz CT molecular complexity index is 706. The molecule has 1 aromatic carbocycles. The number of rotatable bonds is 4. The van der Waals surface area contributed by atoms with Crippen molar-refractivity contribution in [3.05, 3.63) is 46.2 Å². The largest absolute Gasteiger partial charge is 0.473 e. The van der Waals surface area contributed by atoms with Crippen LogP contribution in [0.15, 0.2) is 24.3 Å². The number of carbonyl (C=O) groups excluding carboxylic acids is 1. The summed E-state index contributed by atoms with van der Waals surface area (Å²) in [4.78, 5) is 19.5. The Labute approximate surface area is 145 Å². The minimum Gasteiger partial charge on any atom is -0.473 e. The van der Waals surface area contributed by atoms with Crippen LogP contribution in [0.2, 0.25) is 0 Å². The average molecular weight is 348 g/mol. The minimum absolute atomic E-state index is 0.0496. The van der Waals surface area contributed by atoms with Crippen LogP contribution in [0, 0.1) is 18.7 Å². The number of aryl methyl sites for hydroxylation is 1. The first-order valence-corrected chi connectivity index (χ1v) is 8.93. The molecule has 1 aliphatic heterocycles. The third-order valence-corrected chi connectivity index (χ3v) is 5.59. The normalized spacial score (nSPS) is 15.5. The smallest absolute Gasteiger partial charge is 0.273 e. The highest BCUT2D eigenvalue weighted by Gasteiger charge is 2.26. The Morgan fingerprint density at radius 1 is 1.33 bits per heavy atom. The molecule has 0 aliphatic carbocycles. The standard InChI is InChI=1S/C18H21FN2O2S/c1-12-16(24-18(20-12)23-2)17(22)21-9-7-14(8-10-21)11-13-3-5-15(19)6-4-13/h3-6,14H,7-11H2,1-2H3. The molecule has 0 bridgehead atoms. The molecule has 1 fully saturated rings. The fourth-order valence-corrected chi connectivity index (χ4v) is 3.95. The number of piperidine rings is 1. The van der Waals surface area contributed by atoms with Crippen LogP contribution in [0.25, 0.3) is 0 Å². The number of methoxy groups -OCH3 is 1. The maximum Gasteiger partial charge on any atom is 0.273 e. The molecule has 0 N–H and O–H groups in total. The van der Waals surface area contributed by atoms with Crippen molar-refractivity contribution in [2.75, 3.05) is 20.2 Å². The zero-order valence-electron chi connectivity index (χ0n) is 13.9. The number of aromatic nitrogens is 1. The number of thiazole rings is 1. The molecule has 24 heavy (non-hydrogen) atoms. The summed E-state index contributed by atoms with van der Waals surface area (Å²) in [5, 5.41) is 0.530. The molecule has 2 aromatic rings. The van der Waals surface area contributed by atoms with E-state index in [2.05, 4.69) is 4.98 Å². The van der Waals surface area contributed by atoms with Crippen LogP contribution in [0.4, 0.5) is 4.39 Å². The lowest BCUT2D eigenvalue weighted by atomic mass is 9.90. The second-order valence-electron chi connectivity index (χ2n) is 6.16. The van der Waals surface area contributed by atoms with Crippen LogP contribution >= 0.6 is 11.3 Å². The first kappa shape index (κ1) is 16.9. The summed E-state index contributed by atoms with van der Waals surface area (Å²) in [6.45, 7) is 3.35. The van der Waals surface area contributed by atoms with Crippen molar-refractivity contribution >= 4 is 17.2 Å². The number of hydrogen-bond acceptors (Lipinski definition) is 4. The number of benzene rings is 1. The van der Waals surface area contributed by atoms with E-state index in [0.29, 0.717) is 16.0 Å². The van der Waals surface area contributed by atoms with E-state index in [0.717, 1.165) is 43.6 Å². The summed E-state index contributed by atoms with van der Waals surface area (Å²) in [7, 11) is 1.56. The lowest BCUT2D eigenvalue weighted by molar-refractivity contribution is 0.0694. The minimum atomic E-state index is -0.200. The van der Waals surface area contributed by atoms with Crippen molar-refractivity contribution < 1.29 is 13.9 Å². The zero-order chi connectivity index (χ0) is 17.1. The molecule has 6 heteroatoms. The van der Waals surface area contributed by atoms with Gasteiger partial charge < -0.3 is 9.64 Å². The summed E-state index contributed by atoms with van der Waals surface area (Å²) in [5.74, 6) is 0.389. The Balaban J connectivity index is 1.57. The van der Waals surface area contributed by atoms with Crippen LogP contribution in [-0.4, -0.2) is 36.0 Å². The van der Waals surface area contributed by atoms with Gasteiger partial charge in [0.25, 0.3) is 11.1 Å². The monoisotopic (exact) mass is 348 g/mol. The molecule has 1 amide bonds. The fraction of sp³-hybridized carbons (Fsp3) is 0.444. The number of amides is 1. The summed E-state index contributed by atoms with van der Waals surface area (Å²) >= 11 is 1.31. The first-order chi connectivity index (χ1) is 11.6. The van der Waals surface area contributed by atoms with Crippen LogP contribution < -0.4 is 4.74 Å². The lowest BCUT2D eigenvalue weighted by Gasteiger charge is -2.32. The Morgan fingerprint density at radius 2 is 2.00 bits per heavy atom. The summed E-state index contributed by atoms with van der Waals surface area (Å²) in [5.41, 5.74) is 1.89. The van der Waals surface area contributed by atoms with Crippen molar-refractivity contribution in [1.82, 2.24) is 9.88 Å². The number of halogens is 1. The first-order valence-electron chi connectivity index (χ1n) is 8.12. The molecule has 0 radical (unpaired) electrons. The maximum atomic E-state index is 13.0. The van der Waals surface area contributed by atoms with E-state index in [1.807, 2.05) is 24.0 Å². The van der Waals surface area contributed by atoms with E-state index in [4.69, 9.17) is 4.74 Å². The molecule has 1 saturated heterocycles. The van der Waals surface area contributed by atoms with E-state index in [1.54, 1.807) is 7.11 Å². The van der Waals surface area contributed by atoms with Gasteiger partial charge in [-0.15, -0.1) is 0 Å².